The SMILES string of the molecule is Cc1cn2cc(NC(=O)c3c(F)cc(N4CC(C)NC(C)C4)c4nccnc34)cc(F)c2n1. The Morgan fingerprint density at radius 3 is 2.48 bits per heavy atom. The molecule has 0 aliphatic carbocycles. The number of anilines is 2. The largest absolute Gasteiger partial charge is 0.367 e. The van der Waals surface area contributed by atoms with Crippen molar-refractivity contribution in [3.05, 3.63) is 59.8 Å². The molecule has 1 aromatic carbocycles. The second kappa shape index (κ2) is 8.04. The summed E-state index contributed by atoms with van der Waals surface area (Å²) in [6, 6.07) is 2.91. The van der Waals surface area contributed by atoms with Crippen molar-refractivity contribution in [1.82, 2.24) is 24.7 Å². The summed E-state index contributed by atoms with van der Waals surface area (Å²) in [6.07, 6.45) is 6.11. The van der Waals surface area contributed by atoms with Gasteiger partial charge in [0.15, 0.2) is 11.5 Å². The number of benzene rings is 1. The normalized spacial score (nSPS) is 18.8. The number of amides is 1. The van der Waals surface area contributed by atoms with E-state index in [9.17, 15) is 9.18 Å². The molecule has 0 bridgehead atoms. The van der Waals surface area contributed by atoms with Crippen molar-refractivity contribution in [3.63, 3.8) is 0 Å². The van der Waals surface area contributed by atoms with Crippen LogP contribution in [0.15, 0.2) is 36.9 Å². The van der Waals surface area contributed by atoms with E-state index in [0.717, 1.165) is 6.07 Å². The van der Waals surface area contributed by atoms with Crippen molar-refractivity contribution in [1.29, 1.82) is 0 Å². The summed E-state index contributed by atoms with van der Waals surface area (Å²) >= 11 is 0. The van der Waals surface area contributed by atoms with Crippen LogP contribution in [0.25, 0.3) is 16.7 Å². The molecule has 1 aliphatic rings. The van der Waals surface area contributed by atoms with E-state index in [0.29, 0.717) is 30.0 Å². The van der Waals surface area contributed by atoms with Crippen LogP contribution < -0.4 is 15.5 Å². The van der Waals surface area contributed by atoms with Crippen LogP contribution in [0, 0.1) is 18.6 Å². The van der Waals surface area contributed by atoms with Crippen LogP contribution in [0.5, 0.6) is 0 Å². The predicted octanol–water partition coefficient (Wildman–Crippen LogP) is 3.30. The summed E-state index contributed by atoms with van der Waals surface area (Å²) in [7, 11) is 0. The van der Waals surface area contributed by atoms with E-state index in [1.165, 1.54) is 29.1 Å². The number of fused-ring (bicyclic) bond motifs is 2. The molecule has 33 heavy (non-hydrogen) atoms. The van der Waals surface area contributed by atoms with E-state index in [1.807, 2.05) is 0 Å². The molecule has 3 aromatic heterocycles. The summed E-state index contributed by atoms with van der Waals surface area (Å²) in [4.78, 5) is 27.9. The second-order valence-electron chi connectivity index (χ2n) is 8.52. The standard InChI is InChI=1S/C23H23F2N7O/c1-12-8-31(9-13(2)28-12)18-7-16(24)19(21-20(18)26-4-5-27-21)23(33)30-15-6-17(25)22-29-14(3)10-32(22)11-15/h4-7,10-13,28H,8-9H2,1-3H3,(H,30,33). The molecule has 2 N–H and O–H groups in total. The van der Waals surface area contributed by atoms with Crippen LogP contribution in [0.3, 0.4) is 0 Å². The van der Waals surface area contributed by atoms with Crippen LogP contribution in [0.1, 0.15) is 29.9 Å². The molecule has 10 heteroatoms. The zero-order chi connectivity index (χ0) is 23.3. The molecule has 1 saturated heterocycles. The Balaban J connectivity index is 1.55. The molecule has 1 fully saturated rings. The lowest BCUT2D eigenvalue weighted by Gasteiger charge is -2.38. The number of rotatable bonds is 3. The number of imidazole rings is 1. The van der Waals surface area contributed by atoms with Crippen molar-refractivity contribution in [2.24, 2.45) is 0 Å². The van der Waals surface area contributed by atoms with Gasteiger partial charge in [0.05, 0.1) is 17.1 Å². The first-order valence-corrected chi connectivity index (χ1v) is 10.7. The van der Waals surface area contributed by atoms with Gasteiger partial charge in [0, 0.05) is 62.1 Å². The Kier molecular flexibility index (Phi) is 5.16. The third-order valence-electron chi connectivity index (χ3n) is 5.69. The van der Waals surface area contributed by atoms with Crippen LogP contribution in [0.2, 0.25) is 0 Å². The van der Waals surface area contributed by atoms with E-state index < -0.39 is 17.5 Å². The fourth-order valence-corrected chi connectivity index (χ4v) is 4.50. The van der Waals surface area contributed by atoms with Crippen LogP contribution in [-0.4, -0.2) is 50.4 Å². The molecule has 0 radical (unpaired) electrons. The van der Waals surface area contributed by atoms with Gasteiger partial charge in [-0.05, 0) is 20.8 Å². The Hall–Kier alpha value is -3.66. The third kappa shape index (κ3) is 3.86. The third-order valence-corrected chi connectivity index (χ3v) is 5.69. The van der Waals surface area contributed by atoms with Gasteiger partial charge < -0.3 is 19.9 Å². The van der Waals surface area contributed by atoms with Crippen molar-refractivity contribution >= 4 is 34.0 Å². The maximum absolute atomic E-state index is 15.4. The van der Waals surface area contributed by atoms with Crippen molar-refractivity contribution < 1.29 is 13.6 Å². The summed E-state index contributed by atoms with van der Waals surface area (Å²) in [5, 5.41) is 6.03. The maximum atomic E-state index is 15.4. The molecule has 1 amide bonds. The number of carbonyl (C=O) groups is 1. The van der Waals surface area contributed by atoms with Gasteiger partial charge in [-0.15, -0.1) is 0 Å². The first-order chi connectivity index (χ1) is 15.8. The van der Waals surface area contributed by atoms with Gasteiger partial charge in [-0.25, -0.2) is 13.8 Å². The first kappa shape index (κ1) is 21.2. The average molecular weight is 451 g/mol. The fraction of sp³-hybridized carbons (Fsp3) is 0.304. The number of halogens is 2. The highest BCUT2D eigenvalue weighted by Gasteiger charge is 2.27. The zero-order valence-corrected chi connectivity index (χ0v) is 18.4. The summed E-state index contributed by atoms with van der Waals surface area (Å²) in [5.41, 5.74) is 1.91. The molecular weight excluding hydrogens is 428 g/mol. The van der Waals surface area contributed by atoms with Gasteiger partial charge in [-0.2, -0.15) is 0 Å². The monoisotopic (exact) mass is 451 g/mol. The molecule has 0 saturated carbocycles. The minimum absolute atomic E-state index is 0.150. The molecule has 4 aromatic rings. The van der Waals surface area contributed by atoms with E-state index >= 15 is 4.39 Å². The molecule has 4 heterocycles. The Morgan fingerprint density at radius 1 is 1.06 bits per heavy atom. The quantitative estimate of drug-likeness (QED) is 0.497. The number of nitrogens with one attached hydrogen (secondary N) is 2. The van der Waals surface area contributed by atoms with Gasteiger partial charge in [0.1, 0.15) is 22.4 Å². The highest BCUT2D eigenvalue weighted by molar-refractivity contribution is 6.13. The lowest BCUT2D eigenvalue weighted by molar-refractivity contribution is 0.102. The van der Waals surface area contributed by atoms with E-state index in [4.69, 9.17) is 0 Å². The molecule has 1 aliphatic heterocycles. The Morgan fingerprint density at radius 2 is 1.76 bits per heavy atom. The van der Waals surface area contributed by atoms with Crippen molar-refractivity contribution in [3.8, 4) is 0 Å². The van der Waals surface area contributed by atoms with E-state index in [-0.39, 0.29) is 34.5 Å². The van der Waals surface area contributed by atoms with Crippen LogP contribution >= 0.6 is 0 Å². The fourth-order valence-electron chi connectivity index (χ4n) is 4.50. The molecule has 170 valence electrons. The molecular formula is C23H23F2N7O. The smallest absolute Gasteiger partial charge is 0.260 e. The van der Waals surface area contributed by atoms with Gasteiger partial charge in [0.25, 0.3) is 5.91 Å². The van der Waals surface area contributed by atoms with Gasteiger partial charge in [0.2, 0.25) is 0 Å². The highest BCUT2D eigenvalue weighted by Crippen LogP contribution is 2.31. The van der Waals surface area contributed by atoms with Crippen molar-refractivity contribution in [2.45, 2.75) is 32.9 Å². The molecule has 2 unspecified atom stereocenters. The first-order valence-electron chi connectivity index (χ1n) is 10.7. The number of hydrogen-bond donors (Lipinski definition) is 2. The van der Waals surface area contributed by atoms with Crippen LogP contribution in [0.4, 0.5) is 20.2 Å². The summed E-state index contributed by atoms with van der Waals surface area (Å²) in [5.74, 6) is -2.04. The molecule has 2 atom stereocenters. The number of carbonyl (C=O) groups excluding carboxylic acids is 1. The van der Waals surface area contributed by atoms with Gasteiger partial charge in [-0.1, -0.05) is 0 Å². The Bertz CT molecular complexity index is 1380. The van der Waals surface area contributed by atoms with E-state index in [1.54, 1.807) is 13.1 Å². The number of nitrogens with zero attached hydrogens (tertiary/aromatic N) is 5. The number of aromatic nitrogens is 4. The van der Waals surface area contributed by atoms with E-state index in [2.05, 4.69) is 44.3 Å². The highest BCUT2D eigenvalue weighted by atomic mass is 19.1. The minimum Gasteiger partial charge on any atom is -0.367 e. The Labute approximate surface area is 188 Å². The molecule has 8 nitrogen and oxygen atoms in total. The van der Waals surface area contributed by atoms with Crippen LogP contribution in [-0.2, 0) is 0 Å². The number of piperazine rings is 1. The average Bonchev–Trinajstić information content (AvgIpc) is 3.13. The number of hydrogen-bond acceptors (Lipinski definition) is 6. The second-order valence-corrected chi connectivity index (χ2v) is 8.52. The maximum Gasteiger partial charge on any atom is 0.260 e. The van der Waals surface area contributed by atoms with Gasteiger partial charge in [-0.3, -0.25) is 14.8 Å². The summed E-state index contributed by atoms with van der Waals surface area (Å²) in [6.45, 7) is 7.21. The predicted molar refractivity (Wildman–Crippen MR) is 122 cm³/mol. The lowest BCUT2D eigenvalue weighted by Crippen LogP contribution is -2.54. The topological polar surface area (TPSA) is 87.5 Å². The number of aryl methyl sites for hydroxylation is 1. The number of pyridine rings is 1. The zero-order valence-electron chi connectivity index (χ0n) is 18.4. The summed E-state index contributed by atoms with van der Waals surface area (Å²) < 4.78 is 31.3. The molecule has 0 spiro atoms. The van der Waals surface area contributed by atoms with Gasteiger partial charge >= 0.3 is 0 Å². The minimum atomic E-state index is -0.734. The molecule has 5 rings (SSSR count). The van der Waals surface area contributed by atoms with Crippen molar-refractivity contribution in [2.75, 3.05) is 23.3 Å². The lowest BCUT2D eigenvalue weighted by atomic mass is 10.1.